The first-order valence-corrected chi connectivity index (χ1v) is 8.88. The fourth-order valence-electron chi connectivity index (χ4n) is 3.63. The number of carbonyl (C=O) groups is 1. The van der Waals surface area contributed by atoms with Gasteiger partial charge in [0.2, 0.25) is 5.91 Å². The van der Waals surface area contributed by atoms with E-state index in [0.717, 1.165) is 23.3 Å². The van der Waals surface area contributed by atoms with Crippen LogP contribution in [0.15, 0.2) is 30.3 Å². The third-order valence-electron chi connectivity index (χ3n) is 4.67. The van der Waals surface area contributed by atoms with E-state index in [0.29, 0.717) is 12.5 Å². The number of rotatable bonds is 6. The number of benzene rings is 1. The maximum atomic E-state index is 12.0. The molecule has 2 bridgehead atoms. The second kappa shape index (κ2) is 6.66. The molecule has 0 spiro atoms. The molecule has 0 unspecified atom stereocenters. The van der Waals surface area contributed by atoms with Gasteiger partial charge in [-0.05, 0) is 36.7 Å². The highest BCUT2D eigenvalue weighted by Crippen LogP contribution is 2.44. The third kappa shape index (κ3) is 3.57. The second-order valence-corrected chi connectivity index (χ2v) is 7.24. The topological polar surface area (TPSA) is 29.1 Å². The summed E-state index contributed by atoms with van der Waals surface area (Å²) in [4.78, 5) is 12.0. The highest BCUT2D eigenvalue weighted by atomic mass is 32.2. The van der Waals surface area contributed by atoms with Crippen molar-refractivity contribution < 1.29 is 4.79 Å². The van der Waals surface area contributed by atoms with E-state index in [2.05, 4.69) is 29.6 Å². The van der Waals surface area contributed by atoms with Gasteiger partial charge in [0, 0.05) is 24.0 Å². The summed E-state index contributed by atoms with van der Waals surface area (Å²) >= 11 is 1.85. The van der Waals surface area contributed by atoms with Crippen LogP contribution in [0.4, 0.5) is 0 Å². The first-order valence-electron chi connectivity index (χ1n) is 7.72. The minimum absolute atomic E-state index is 0.253. The molecule has 0 heterocycles. The summed E-state index contributed by atoms with van der Waals surface area (Å²) in [6.07, 6.45) is 5.97. The molecule has 0 radical (unpaired) electrons. The zero-order valence-corrected chi connectivity index (χ0v) is 12.7. The molecular formula is C17H23NOS. The summed E-state index contributed by atoms with van der Waals surface area (Å²) in [6, 6.07) is 10.9. The first kappa shape index (κ1) is 14.0. The van der Waals surface area contributed by atoms with Crippen molar-refractivity contribution in [2.24, 2.45) is 11.8 Å². The van der Waals surface area contributed by atoms with Crippen LogP contribution < -0.4 is 5.32 Å². The molecule has 3 heteroatoms. The Morgan fingerprint density at radius 3 is 2.75 bits per heavy atom. The number of nitrogens with one attached hydrogen (secondary N) is 1. The summed E-state index contributed by atoms with van der Waals surface area (Å²) < 4.78 is 0. The molecule has 2 aliphatic carbocycles. The minimum Gasteiger partial charge on any atom is -0.353 e. The van der Waals surface area contributed by atoms with Gasteiger partial charge in [-0.25, -0.2) is 0 Å². The molecule has 0 saturated heterocycles. The third-order valence-corrected chi connectivity index (χ3v) is 5.70. The second-order valence-electron chi connectivity index (χ2n) is 6.14. The maximum Gasteiger partial charge on any atom is 0.221 e. The Balaban J connectivity index is 1.32. The zero-order chi connectivity index (χ0) is 13.8. The van der Waals surface area contributed by atoms with Crippen LogP contribution in [0.5, 0.6) is 0 Å². The molecule has 3 rings (SSSR count). The summed E-state index contributed by atoms with van der Waals surface area (Å²) in [5.41, 5.74) is 1.34. The first-order chi connectivity index (χ1) is 9.81. The Kier molecular flexibility index (Phi) is 4.66. The van der Waals surface area contributed by atoms with Gasteiger partial charge in [0.15, 0.2) is 0 Å². The van der Waals surface area contributed by atoms with E-state index in [1.165, 1.54) is 31.2 Å². The maximum absolute atomic E-state index is 12.0. The monoisotopic (exact) mass is 289 g/mol. The number of fused-ring (bicyclic) bond motifs is 2. The fourth-order valence-corrected chi connectivity index (χ4v) is 4.53. The van der Waals surface area contributed by atoms with Crippen LogP contribution in [0.1, 0.15) is 37.7 Å². The standard InChI is InChI=1S/C17H23NOS/c19-17(18-16-11-14-6-7-15(16)10-14)8-9-20-12-13-4-2-1-3-5-13/h1-5,14-16H,6-12H2,(H,18,19)/t14-,15-,16-/m1/s1. The normalized spacial score (nSPS) is 27.7. The quantitative estimate of drug-likeness (QED) is 0.811. The van der Waals surface area contributed by atoms with Gasteiger partial charge in [0.1, 0.15) is 0 Å². The van der Waals surface area contributed by atoms with Crippen LogP contribution in [0.3, 0.4) is 0 Å². The van der Waals surface area contributed by atoms with Crippen molar-refractivity contribution in [3.05, 3.63) is 35.9 Å². The van der Waals surface area contributed by atoms with E-state index in [9.17, 15) is 4.79 Å². The van der Waals surface area contributed by atoms with Crippen molar-refractivity contribution in [2.75, 3.05) is 5.75 Å². The van der Waals surface area contributed by atoms with Gasteiger partial charge in [-0.3, -0.25) is 4.79 Å². The van der Waals surface area contributed by atoms with E-state index in [1.54, 1.807) is 0 Å². The van der Waals surface area contributed by atoms with Gasteiger partial charge < -0.3 is 5.32 Å². The predicted molar refractivity (Wildman–Crippen MR) is 84.6 cm³/mol. The lowest BCUT2D eigenvalue weighted by molar-refractivity contribution is -0.121. The Morgan fingerprint density at radius 1 is 1.20 bits per heavy atom. The van der Waals surface area contributed by atoms with Gasteiger partial charge >= 0.3 is 0 Å². The Bertz CT molecular complexity index is 448. The molecule has 2 saturated carbocycles. The van der Waals surface area contributed by atoms with Gasteiger partial charge in [-0.2, -0.15) is 11.8 Å². The van der Waals surface area contributed by atoms with Gasteiger partial charge in [0.05, 0.1) is 0 Å². The summed E-state index contributed by atoms with van der Waals surface area (Å²) in [7, 11) is 0. The summed E-state index contributed by atoms with van der Waals surface area (Å²) in [5.74, 6) is 3.85. The van der Waals surface area contributed by atoms with Crippen molar-refractivity contribution in [1.29, 1.82) is 0 Å². The number of hydrogen-bond donors (Lipinski definition) is 1. The van der Waals surface area contributed by atoms with E-state index >= 15 is 0 Å². The fraction of sp³-hybridized carbons (Fsp3) is 0.588. The van der Waals surface area contributed by atoms with Crippen LogP contribution in [0.25, 0.3) is 0 Å². The highest BCUT2D eigenvalue weighted by Gasteiger charge is 2.39. The van der Waals surface area contributed by atoms with Crippen LogP contribution in [0, 0.1) is 11.8 Å². The smallest absolute Gasteiger partial charge is 0.221 e. The lowest BCUT2D eigenvalue weighted by atomic mass is 9.95. The number of amides is 1. The SMILES string of the molecule is O=C(CCSCc1ccccc1)N[C@@H]1C[C@@H]2CC[C@@H]1C2. The predicted octanol–water partition coefficient (Wildman–Crippen LogP) is 3.61. The summed E-state index contributed by atoms with van der Waals surface area (Å²) in [6.45, 7) is 0. The Morgan fingerprint density at radius 2 is 2.05 bits per heavy atom. The van der Waals surface area contributed by atoms with E-state index in [4.69, 9.17) is 0 Å². The van der Waals surface area contributed by atoms with Crippen molar-refractivity contribution in [3.63, 3.8) is 0 Å². The molecule has 2 nitrogen and oxygen atoms in total. The largest absolute Gasteiger partial charge is 0.353 e. The van der Waals surface area contributed by atoms with Crippen molar-refractivity contribution in [3.8, 4) is 0 Å². The lowest BCUT2D eigenvalue weighted by Crippen LogP contribution is -2.38. The van der Waals surface area contributed by atoms with Gasteiger partial charge in [0.25, 0.3) is 0 Å². The average molecular weight is 289 g/mol. The van der Waals surface area contributed by atoms with Crippen molar-refractivity contribution in [1.82, 2.24) is 5.32 Å². The minimum atomic E-state index is 0.253. The molecule has 1 N–H and O–H groups in total. The number of carbonyl (C=O) groups excluding carboxylic acids is 1. The van der Waals surface area contributed by atoms with Crippen LogP contribution in [-0.2, 0) is 10.5 Å². The molecule has 20 heavy (non-hydrogen) atoms. The average Bonchev–Trinajstić information content (AvgIpc) is 3.07. The number of hydrogen-bond acceptors (Lipinski definition) is 2. The molecule has 2 aliphatic rings. The molecular weight excluding hydrogens is 266 g/mol. The highest BCUT2D eigenvalue weighted by molar-refractivity contribution is 7.98. The molecule has 1 aromatic carbocycles. The Hall–Kier alpha value is -0.960. The summed E-state index contributed by atoms with van der Waals surface area (Å²) in [5, 5.41) is 3.26. The van der Waals surface area contributed by atoms with Gasteiger partial charge in [-0.1, -0.05) is 36.8 Å². The van der Waals surface area contributed by atoms with E-state index in [1.807, 2.05) is 17.8 Å². The van der Waals surface area contributed by atoms with Crippen LogP contribution in [0.2, 0.25) is 0 Å². The molecule has 0 aliphatic heterocycles. The molecule has 3 atom stereocenters. The Labute approximate surface area is 125 Å². The number of thioether (sulfide) groups is 1. The molecule has 108 valence electrons. The van der Waals surface area contributed by atoms with Crippen molar-refractivity contribution >= 4 is 17.7 Å². The van der Waals surface area contributed by atoms with E-state index in [-0.39, 0.29) is 5.91 Å². The van der Waals surface area contributed by atoms with Crippen molar-refractivity contribution in [2.45, 2.75) is 43.9 Å². The van der Waals surface area contributed by atoms with Crippen LogP contribution in [-0.4, -0.2) is 17.7 Å². The molecule has 0 aromatic heterocycles. The van der Waals surface area contributed by atoms with E-state index < -0.39 is 0 Å². The molecule has 1 amide bonds. The lowest BCUT2D eigenvalue weighted by Gasteiger charge is -2.22. The molecule has 1 aromatic rings. The van der Waals surface area contributed by atoms with Gasteiger partial charge in [-0.15, -0.1) is 0 Å². The van der Waals surface area contributed by atoms with Crippen LogP contribution >= 0.6 is 11.8 Å². The zero-order valence-electron chi connectivity index (χ0n) is 11.9. The molecule has 2 fully saturated rings.